The third kappa shape index (κ3) is 3.61. The normalized spacial score (nSPS) is 12.0. The van der Waals surface area contributed by atoms with Crippen LogP contribution in [0.4, 0.5) is 5.69 Å². The number of phenolic OH excluding ortho intramolecular Hbond substituents is 1. The molecule has 0 heterocycles. The van der Waals surface area contributed by atoms with Crippen LogP contribution in [0.15, 0.2) is 18.2 Å². The van der Waals surface area contributed by atoms with Crippen LogP contribution in [-0.4, -0.2) is 59.5 Å². The number of nitrogens with zero attached hydrogens (tertiary/aromatic N) is 1. The number of phenols is 1. The van der Waals surface area contributed by atoms with Gasteiger partial charge in [0.25, 0.3) is 5.91 Å². The zero-order valence-electron chi connectivity index (χ0n) is 10.4. The maximum absolute atomic E-state index is 11.8. The Hall–Kier alpha value is -1.79. The molecule has 1 atom stereocenters. The van der Waals surface area contributed by atoms with Crippen molar-refractivity contribution >= 4 is 11.6 Å². The number of hydrogen-bond donors (Lipinski definition) is 4. The lowest BCUT2D eigenvalue weighted by molar-refractivity contribution is 0.0824. The fraction of sp³-hybridized carbons (Fsp3) is 0.417. The number of hydrogen-bond acceptors (Lipinski definition) is 5. The quantitative estimate of drug-likeness (QED) is 0.549. The molecule has 6 heteroatoms. The average molecular weight is 254 g/mol. The first-order valence-corrected chi connectivity index (χ1v) is 5.53. The molecule has 1 aromatic rings. The molecule has 0 fully saturated rings. The molecule has 100 valence electrons. The molecule has 1 rings (SSSR count). The summed E-state index contributed by atoms with van der Waals surface area (Å²) in [6.07, 6.45) is -0.869. The van der Waals surface area contributed by atoms with Crippen molar-refractivity contribution in [2.45, 2.75) is 6.10 Å². The second-order valence-electron chi connectivity index (χ2n) is 4.15. The lowest BCUT2D eigenvalue weighted by Crippen LogP contribution is -2.24. The van der Waals surface area contributed by atoms with Crippen LogP contribution >= 0.6 is 0 Å². The second-order valence-corrected chi connectivity index (χ2v) is 4.15. The number of anilines is 1. The Bertz CT molecular complexity index is 421. The molecular formula is C12H18N2O4. The average Bonchev–Trinajstić information content (AvgIpc) is 2.36. The van der Waals surface area contributed by atoms with Crippen molar-refractivity contribution in [3.63, 3.8) is 0 Å². The van der Waals surface area contributed by atoms with Crippen molar-refractivity contribution in [2.75, 3.05) is 32.6 Å². The van der Waals surface area contributed by atoms with Gasteiger partial charge in [-0.2, -0.15) is 0 Å². The molecule has 0 radical (unpaired) electrons. The lowest BCUT2D eigenvalue weighted by Gasteiger charge is -2.14. The van der Waals surface area contributed by atoms with Crippen LogP contribution in [0.1, 0.15) is 10.4 Å². The van der Waals surface area contributed by atoms with Crippen LogP contribution in [0, 0.1) is 0 Å². The number of aliphatic hydroxyl groups excluding tert-OH is 2. The lowest BCUT2D eigenvalue weighted by atomic mass is 10.1. The van der Waals surface area contributed by atoms with Gasteiger partial charge in [-0.25, -0.2) is 0 Å². The van der Waals surface area contributed by atoms with Crippen LogP contribution in [0.5, 0.6) is 5.75 Å². The van der Waals surface area contributed by atoms with E-state index < -0.39 is 6.10 Å². The Morgan fingerprint density at radius 2 is 2.11 bits per heavy atom. The maximum atomic E-state index is 11.8. The molecule has 0 bridgehead atoms. The van der Waals surface area contributed by atoms with E-state index in [1.165, 1.54) is 17.0 Å². The molecule has 18 heavy (non-hydrogen) atoms. The van der Waals surface area contributed by atoms with Crippen molar-refractivity contribution in [1.82, 2.24) is 4.90 Å². The van der Waals surface area contributed by atoms with Crippen LogP contribution < -0.4 is 5.32 Å². The molecule has 1 unspecified atom stereocenters. The van der Waals surface area contributed by atoms with E-state index in [0.717, 1.165) is 0 Å². The molecule has 4 N–H and O–H groups in total. The number of nitrogens with one attached hydrogen (secondary N) is 1. The number of aliphatic hydroxyl groups is 2. The Labute approximate surface area is 105 Å². The number of benzene rings is 1. The largest absolute Gasteiger partial charge is 0.507 e. The summed E-state index contributed by atoms with van der Waals surface area (Å²) < 4.78 is 0. The predicted molar refractivity (Wildman–Crippen MR) is 67.7 cm³/mol. The van der Waals surface area contributed by atoms with Gasteiger partial charge in [0.2, 0.25) is 0 Å². The van der Waals surface area contributed by atoms with Gasteiger partial charge in [-0.1, -0.05) is 0 Å². The highest BCUT2D eigenvalue weighted by Gasteiger charge is 2.14. The third-order valence-electron chi connectivity index (χ3n) is 2.39. The van der Waals surface area contributed by atoms with Gasteiger partial charge in [-0.05, 0) is 18.2 Å². The number of rotatable bonds is 5. The zero-order valence-corrected chi connectivity index (χ0v) is 10.4. The second kappa shape index (κ2) is 6.23. The van der Waals surface area contributed by atoms with Crippen LogP contribution in [0.25, 0.3) is 0 Å². The molecule has 0 aliphatic heterocycles. The fourth-order valence-electron chi connectivity index (χ4n) is 1.36. The molecule has 1 amide bonds. The zero-order chi connectivity index (χ0) is 13.7. The summed E-state index contributed by atoms with van der Waals surface area (Å²) in [7, 11) is 3.19. The molecule has 0 spiro atoms. The molecule has 0 saturated carbocycles. The van der Waals surface area contributed by atoms with E-state index in [1.807, 2.05) is 0 Å². The number of amides is 1. The fourth-order valence-corrected chi connectivity index (χ4v) is 1.36. The van der Waals surface area contributed by atoms with Gasteiger partial charge in [-0.3, -0.25) is 4.79 Å². The standard InChI is InChI=1S/C12H18N2O4/c1-14(2)12(18)10-5-8(3-4-11(10)17)13-6-9(16)7-15/h3-5,9,13,15-17H,6-7H2,1-2H3. The Kier molecular flexibility index (Phi) is 4.94. The van der Waals surface area contributed by atoms with E-state index in [1.54, 1.807) is 20.2 Å². The number of carbonyl (C=O) groups is 1. The van der Waals surface area contributed by atoms with Gasteiger partial charge in [0, 0.05) is 26.3 Å². The minimum absolute atomic E-state index is 0.0954. The molecule has 0 aliphatic rings. The van der Waals surface area contributed by atoms with Crippen molar-refractivity contribution in [1.29, 1.82) is 0 Å². The van der Waals surface area contributed by atoms with E-state index in [4.69, 9.17) is 5.11 Å². The van der Waals surface area contributed by atoms with Crippen molar-refractivity contribution in [2.24, 2.45) is 0 Å². The molecule has 0 aromatic heterocycles. The van der Waals surface area contributed by atoms with E-state index in [-0.39, 0.29) is 30.4 Å². The molecule has 0 saturated heterocycles. The Balaban J connectivity index is 2.84. The SMILES string of the molecule is CN(C)C(=O)c1cc(NCC(O)CO)ccc1O. The van der Waals surface area contributed by atoms with Gasteiger partial charge < -0.3 is 25.5 Å². The first-order valence-electron chi connectivity index (χ1n) is 5.53. The van der Waals surface area contributed by atoms with Crippen molar-refractivity contribution in [3.05, 3.63) is 23.8 Å². The minimum Gasteiger partial charge on any atom is -0.507 e. The summed E-state index contributed by atoms with van der Waals surface area (Å²) in [5.74, 6) is -0.402. The Morgan fingerprint density at radius 1 is 1.44 bits per heavy atom. The molecule has 6 nitrogen and oxygen atoms in total. The first-order chi connectivity index (χ1) is 8.45. The maximum Gasteiger partial charge on any atom is 0.257 e. The molecular weight excluding hydrogens is 236 g/mol. The van der Waals surface area contributed by atoms with E-state index in [2.05, 4.69) is 5.32 Å². The van der Waals surface area contributed by atoms with E-state index in [0.29, 0.717) is 5.69 Å². The summed E-state index contributed by atoms with van der Waals surface area (Å²) in [4.78, 5) is 13.1. The minimum atomic E-state index is -0.869. The van der Waals surface area contributed by atoms with Gasteiger partial charge in [0.05, 0.1) is 18.3 Å². The van der Waals surface area contributed by atoms with Crippen molar-refractivity contribution in [3.8, 4) is 5.75 Å². The number of carbonyl (C=O) groups excluding carboxylic acids is 1. The molecule has 1 aromatic carbocycles. The van der Waals surface area contributed by atoms with Crippen LogP contribution in [0.2, 0.25) is 0 Å². The summed E-state index contributed by atoms with van der Waals surface area (Å²) >= 11 is 0. The van der Waals surface area contributed by atoms with Crippen LogP contribution in [-0.2, 0) is 0 Å². The highest BCUT2D eigenvalue weighted by Crippen LogP contribution is 2.22. The van der Waals surface area contributed by atoms with Crippen LogP contribution in [0.3, 0.4) is 0 Å². The monoisotopic (exact) mass is 254 g/mol. The summed E-state index contributed by atoms with van der Waals surface area (Å²) in [5, 5.41) is 30.4. The smallest absolute Gasteiger partial charge is 0.257 e. The van der Waals surface area contributed by atoms with Gasteiger partial charge in [-0.15, -0.1) is 0 Å². The van der Waals surface area contributed by atoms with E-state index in [9.17, 15) is 15.0 Å². The first kappa shape index (κ1) is 14.3. The number of aromatic hydroxyl groups is 1. The summed E-state index contributed by atoms with van der Waals surface area (Å²) in [6, 6.07) is 4.50. The van der Waals surface area contributed by atoms with Gasteiger partial charge in [0.15, 0.2) is 0 Å². The highest BCUT2D eigenvalue weighted by molar-refractivity contribution is 5.97. The van der Waals surface area contributed by atoms with Gasteiger partial charge >= 0.3 is 0 Å². The third-order valence-corrected chi connectivity index (χ3v) is 2.39. The van der Waals surface area contributed by atoms with Gasteiger partial charge in [0.1, 0.15) is 5.75 Å². The van der Waals surface area contributed by atoms with E-state index >= 15 is 0 Å². The predicted octanol–water partition coefficient (Wildman–Crippen LogP) is -0.141. The van der Waals surface area contributed by atoms with Crippen molar-refractivity contribution < 1.29 is 20.1 Å². The Morgan fingerprint density at radius 3 is 2.67 bits per heavy atom. The highest BCUT2D eigenvalue weighted by atomic mass is 16.3. The molecule has 0 aliphatic carbocycles. The topological polar surface area (TPSA) is 93.0 Å². The summed E-state index contributed by atoms with van der Waals surface area (Å²) in [5.41, 5.74) is 0.772. The summed E-state index contributed by atoms with van der Waals surface area (Å²) in [6.45, 7) is -0.175.